The number of urea groups is 1. The molecule has 2 aromatic rings. The molecule has 3 amide bonds. The largest absolute Gasteiger partial charge is 0.491 e. The molecule has 0 radical (unpaired) electrons. The summed E-state index contributed by atoms with van der Waals surface area (Å²) in [5, 5.41) is 2.82. The topological polar surface area (TPSA) is 58.6 Å². The van der Waals surface area contributed by atoms with Crippen molar-refractivity contribution in [2.45, 2.75) is 39.0 Å². The first kappa shape index (κ1) is 17.0. The van der Waals surface area contributed by atoms with Crippen LogP contribution < -0.4 is 10.1 Å². The Morgan fingerprint density at radius 1 is 1.04 bits per heavy atom. The maximum atomic E-state index is 13.0. The molecule has 1 aliphatic rings. The Bertz CT molecular complexity index is 789. The molecule has 1 saturated heterocycles. The fraction of sp³-hybridized carbons (Fsp3) is 0.300. The van der Waals surface area contributed by atoms with Crippen LogP contribution >= 0.6 is 0 Å². The van der Waals surface area contributed by atoms with Crippen molar-refractivity contribution in [3.63, 3.8) is 0 Å². The lowest BCUT2D eigenvalue weighted by molar-refractivity contribution is -0.131. The molecule has 2 aromatic carbocycles. The van der Waals surface area contributed by atoms with Crippen LogP contribution in [0.3, 0.4) is 0 Å². The number of benzene rings is 2. The van der Waals surface area contributed by atoms with Crippen molar-refractivity contribution in [2.75, 3.05) is 0 Å². The normalized spacial score (nSPS) is 20.1. The molecule has 0 spiro atoms. The van der Waals surface area contributed by atoms with Crippen LogP contribution in [0.1, 0.15) is 31.9 Å². The van der Waals surface area contributed by atoms with Crippen LogP contribution in [0, 0.1) is 0 Å². The van der Waals surface area contributed by atoms with E-state index >= 15 is 0 Å². The Morgan fingerprint density at radius 3 is 2.36 bits per heavy atom. The Hall–Kier alpha value is -2.82. The van der Waals surface area contributed by atoms with E-state index in [0.717, 1.165) is 11.1 Å². The number of nitrogens with one attached hydrogen (secondary N) is 1. The SMILES string of the molecule is CC(C)Oc1ccccc1CN1C(=O)NC(C)(c2ccccc2)C1=O. The van der Waals surface area contributed by atoms with Crippen molar-refractivity contribution >= 4 is 11.9 Å². The lowest BCUT2D eigenvalue weighted by atomic mass is 9.92. The summed E-state index contributed by atoms with van der Waals surface area (Å²) in [6.45, 7) is 5.79. The van der Waals surface area contributed by atoms with Crippen molar-refractivity contribution in [3.8, 4) is 5.75 Å². The molecule has 1 aliphatic heterocycles. The minimum Gasteiger partial charge on any atom is -0.491 e. The number of carbonyl (C=O) groups is 2. The average molecular weight is 338 g/mol. The molecule has 0 aliphatic carbocycles. The summed E-state index contributed by atoms with van der Waals surface area (Å²) in [7, 11) is 0. The van der Waals surface area contributed by atoms with Gasteiger partial charge in [-0.25, -0.2) is 4.79 Å². The second kappa shape index (κ2) is 6.59. The smallest absolute Gasteiger partial charge is 0.325 e. The first-order chi connectivity index (χ1) is 11.9. The van der Waals surface area contributed by atoms with Crippen LogP contribution in [-0.4, -0.2) is 22.9 Å². The second-order valence-electron chi connectivity index (χ2n) is 6.59. The number of hydrogen-bond acceptors (Lipinski definition) is 3. The molecule has 0 saturated carbocycles. The molecule has 25 heavy (non-hydrogen) atoms. The molecule has 3 rings (SSSR count). The highest BCUT2D eigenvalue weighted by Gasteiger charge is 2.48. The summed E-state index contributed by atoms with van der Waals surface area (Å²) in [5.41, 5.74) is 0.520. The quantitative estimate of drug-likeness (QED) is 0.850. The average Bonchev–Trinajstić information content (AvgIpc) is 2.81. The summed E-state index contributed by atoms with van der Waals surface area (Å²) in [4.78, 5) is 26.7. The van der Waals surface area contributed by atoms with E-state index in [-0.39, 0.29) is 18.6 Å². The maximum absolute atomic E-state index is 13.0. The molecule has 1 heterocycles. The number of amides is 3. The van der Waals surface area contributed by atoms with Gasteiger partial charge in [-0.15, -0.1) is 0 Å². The van der Waals surface area contributed by atoms with Crippen LogP contribution in [0.5, 0.6) is 5.75 Å². The summed E-state index contributed by atoms with van der Waals surface area (Å²) in [5.74, 6) is 0.425. The first-order valence-electron chi connectivity index (χ1n) is 8.36. The van der Waals surface area contributed by atoms with Crippen molar-refractivity contribution in [1.29, 1.82) is 0 Å². The monoisotopic (exact) mass is 338 g/mol. The maximum Gasteiger partial charge on any atom is 0.325 e. The molecule has 1 unspecified atom stereocenters. The number of nitrogens with zero attached hydrogens (tertiary/aromatic N) is 1. The number of carbonyl (C=O) groups excluding carboxylic acids is 2. The third kappa shape index (κ3) is 3.22. The molecule has 1 fully saturated rings. The van der Waals surface area contributed by atoms with Gasteiger partial charge in [0.15, 0.2) is 0 Å². The zero-order valence-electron chi connectivity index (χ0n) is 14.7. The van der Waals surface area contributed by atoms with Gasteiger partial charge in [-0.2, -0.15) is 0 Å². The van der Waals surface area contributed by atoms with Crippen LogP contribution in [0.25, 0.3) is 0 Å². The zero-order chi connectivity index (χ0) is 18.0. The standard InChI is InChI=1S/C20H22N2O3/c1-14(2)25-17-12-8-7-9-15(17)13-22-18(23)20(3,21-19(22)24)16-10-5-4-6-11-16/h4-12,14H,13H2,1-3H3,(H,21,24). The van der Waals surface area contributed by atoms with Gasteiger partial charge in [0.2, 0.25) is 0 Å². The van der Waals surface area contributed by atoms with Crippen molar-refractivity contribution in [1.82, 2.24) is 10.2 Å². The van der Waals surface area contributed by atoms with Gasteiger partial charge in [0.25, 0.3) is 5.91 Å². The van der Waals surface area contributed by atoms with E-state index in [1.807, 2.05) is 68.4 Å². The number of ether oxygens (including phenoxy) is 1. The van der Waals surface area contributed by atoms with Gasteiger partial charge < -0.3 is 10.1 Å². The molecule has 0 bridgehead atoms. The van der Waals surface area contributed by atoms with E-state index < -0.39 is 11.6 Å². The van der Waals surface area contributed by atoms with Crippen LogP contribution in [0.2, 0.25) is 0 Å². The van der Waals surface area contributed by atoms with Crippen molar-refractivity contribution in [3.05, 3.63) is 65.7 Å². The van der Waals surface area contributed by atoms with Crippen LogP contribution in [-0.2, 0) is 16.9 Å². The van der Waals surface area contributed by atoms with Crippen molar-refractivity contribution in [2.24, 2.45) is 0 Å². The summed E-state index contributed by atoms with van der Waals surface area (Å²) >= 11 is 0. The molecule has 0 aromatic heterocycles. The third-order valence-corrected chi connectivity index (χ3v) is 4.29. The molecular formula is C20H22N2O3. The summed E-state index contributed by atoms with van der Waals surface area (Å²) in [6.07, 6.45) is 0.0128. The van der Waals surface area contributed by atoms with E-state index in [4.69, 9.17) is 4.74 Å². The third-order valence-electron chi connectivity index (χ3n) is 4.29. The fourth-order valence-electron chi connectivity index (χ4n) is 2.98. The van der Waals surface area contributed by atoms with Crippen molar-refractivity contribution < 1.29 is 14.3 Å². The predicted molar refractivity (Wildman–Crippen MR) is 95.1 cm³/mol. The zero-order valence-corrected chi connectivity index (χ0v) is 14.7. The van der Waals surface area contributed by atoms with Gasteiger partial charge in [0, 0.05) is 5.56 Å². The van der Waals surface area contributed by atoms with E-state index in [1.165, 1.54) is 4.90 Å². The molecule has 1 N–H and O–H groups in total. The Morgan fingerprint density at radius 2 is 1.68 bits per heavy atom. The number of hydrogen-bond donors (Lipinski definition) is 1. The van der Waals surface area contributed by atoms with Gasteiger partial charge in [-0.1, -0.05) is 48.5 Å². The van der Waals surface area contributed by atoms with Gasteiger partial charge in [0.1, 0.15) is 11.3 Å². The molecule has 1 atom stereocenters. The van der Waals surface area contributed by atoms with Gasteiger partial charge in [-0.05, 0) is 32.4 Å². The summed E-state index contributed by atoms with van der Waals surface area (Å²) < 4.78 is 5.79. The number of imide groups is 1. The Balaban J connectivity index is 1.88. The molecule has 130 valence electrons. The second-order valence-corrected chi connectivity index (χ2v) is 6.59. The lowest BCUT2D eigenvalue weighted by Gasteiger charge is -2.22. The van der Waals surface area contributed by atoms with Crippen LogP contribution in [0.4, 0.5) is 4.79 Å². The van der Waals surface area contributed by atoms with E-state index in [2.05, 4.69) is 5.32 Å². The van der Waals surface area contributed by atoms with E-state index in [0.29, 0.717) is 5.75 Å². The molecule has 5 heteroatoms. The number of para-hydroxylation sites is 1. The molecular weight excluding hydrogens is 316 g/mol. The predicted octanol–water partition coefficient (Wildman–Crippen LogP) is 3.44. The van der Waals surface area contributed by atoms with E-state index in [1.54, 1.807) is 6.92 Å². The van der Waals surface area contributed by atoms with E-state index in [9.17, 15) is 9.59 Å². The first-order valence-corrected chi connectivity index (χ1v) is 8.36. The minimum atomic E-state index is -1.05. The molecule has 5 nitrogen and oxygen atoms in total. The van der Waals surface area contributed by atoms with Crippen LogP contribution in [0.15, 0.2) is 54.6 Å². The summed E-state index contributed by atoms with van der Waals surface area (Å²) in [6, 6.07) is 16.4. The van der Waals surface area contributed by atoms with Gasteiger partial charge >= 0.3 is 6.03 Å². The Kier molecular flexibility index (Phi) is 4.49. The highest BCUT2D eigenvalue weighted by Crippen LogP contribution is 2.31. The highest BCUT2D eigenvalue weighted by atomic mass is 16.5. The Labute approximate surface area is 147 Å². The fourth-order valence-corrected chi connectivity index (χ4v) is 2.98. The van der Waals surface area contributed by atoms with Gasteiger partial charge in [0.05, 0.1) is 12.6 Å². The van der Waals surface area contributed by atoms with Gasteiger partial charge in [-0.3, -0.25) is 9.69 Å². The lowest BCUT2D eigenvalue weighted by Crippen LogP contribution is -2.40. The highest BCUT2D eigenvalue weighted by molar-refractivity contribution is 6.07. The minimum absolute atomic E-state index is 0.0128. The number of rotatable bonds is 5.